The quantitative estimate of drug-likeness (QED) is 0.797. The van der Waals surface area contributed by atoms with Crippen LogP contribution in [0.25, 0.3) is 0 Å². The molecule has 1 heterocycles. The van der Waals surface area contributed by atoms with Crippen molar-refractivity contribution in [3.8, 4) is 0 Å². The van der Waals surface area contributed by atoms with E-state index in [1.54, 1.807) is 0 Å². The number of nitrogens with two attached hydrogens (primary N) is 1. The van der Waals surface area contributed by atoms with Crippen LogP contribution in [0.2, 0.25) is 0 Å². The average molecular weight is 218 g/mol. The smallest absolute Gasteiger partial charge is 0.234 e. The van der Waals surface area contributed by atoms with Crippen LogP contribution in [0.5, 0.6) is 0 Å². The number of anilines is 1. The van der Waals surface area contributed by atoms with E-state index in [-0.39, 0.29) is 5.91 Å². The van der Waals surface area contributed by atoms with Crippen molar-refractivity contribution in [1.29, 1.82) is 0 Å². The highest BCUT2D eigenvalue weighted by atomic mass is 16.2. The molecule has 3 N–H and O–H groups in total. The molecule has 1 aliphatic rings. The lowest BCUT2D eigenvalue weighted by Gasteiger charge is -2.17. The van der Waals surface area contributed by atoms with Gasteiger partial charge < -0.3 is 11.1 Å². The Labute approximate surface area is 96.0 Å². The van der Waals surface area contributed by atoms with Crippen molar-refractivity contribution in [3.63, 3.8) is 0 Å². The third kappa shape index (κ3) is 1.52. The number of hydrogen-bond acceptors (Lipinski definition) is 2. The average Bonchev–Trinajstić information content (AvgIpc) is 2.49. The summed E-state index contributed by atoms with van der Waals surface area (Å²) in [6, 6.07) is 6.12. The van der Waals surface area contributed by atoms with Crippen LogP contribution in [-0.4, -0.2) is 12.5 Å². The zero-order valence-electron chi connectivity index (χ0n) is 10.0. The highest BCUT2D eigenvalue weighted by Gasteiger charge is 2.38. The first kappa shape index (κ1) is 11.1. The molecular formula is C13H18N2O. The molecule has 1 amide bonds. The van der Waals surface area contributed by atoms with Gasteiger partial charge in [-0.3, -0.25) is 4.79 Å². The first-order valence-corrected chi connectivity index (χ1v) is 5.62. The van der Waals surface area contributed by atoms with Crippen molar-refractivity contribution in [3.05, 3.63) is 29.3 Å². The topological polar surface area (TPSA) is 55.1 Å². The SMILES string of the molecule is CC(CN)c1ccc2c(c1)C(C)(C)C(=O)N2. The van der Waals surface area contributed by atoms with E-state index in [9.17, 15) is 4.79 Å². The number of rotatable bonds is 2. The van der Waals surface area contributed by atoms with Crippen LogP contribution >= 0.6 is 0 Å². The Balaban J connectivity index is 2.48. The van der Waals surface area contributed by atoms with Crippen molar-refractivity contribution < 1.29 is 4.79 Å². The predicted molar refractivity (Wildman–Crippen MR) is 65.6 cm³/mol. The number of nitrogens with one attached hydrogen (secondary N) is 1. The van der Waals surface area contributed by atoms with Gasteiger partial charge in [0.2, 0.25) is 5.91 Å². The number of carbonyl (C=O) groups is 1. The van der Waals surface area contributed by atoms with E-state index in [0.717, 1.165) is 11.3 Å². The van der Waals surface area contributed by atoms with Crippen LogP contribution in [0.3, 0.4) is 0 Å². The minimum absolute atomic E-state index is 0.0695. The Kier molecular flexibility index (Phi) is 2.50. The largest absolute Gasteiger partial charge is 0.330 e. The van der Waals surface area contributed by atoms with Crippen LogP contribution < -0.4 is 11.1 Å². The minimum Gasteiger partial charge on any atom is -0.330 e. The molecule has 0 saturated heterocycles. The standard InChI is InChI=1S/C13H18N2O/c1-8(7-14)9-4-5-11-10(6-9)13(2,3)12(16)15-11/h4-6,8H,7,14H2,1-3H3,(H,15,16). The maximum atomic E-state index is 11.8. The minimum atomic E-state index is -0.431. The number of amides is 1. The molecule has 1 aromatic carbocycles. The molecular weight excluding hydrogens is 200 g/mol. The van der Waals surface area contributed by atoms with E-state index in [1.165, 1.54) is 5.56 Å². The summed E-state index contributed by atoms with van der Waals surface area (Å²) in [6.07, 6.45) is 0. The second kappa shape index (κ2) is 3.59. The van der Waals surface area contributed by atoms with E-state index >= 15 is 0 Å². The molecule has 3 heteroatoms. The molecule has 0 aromatic heterocycles. The van der Waals surface area contributed by atoms with Crippen LogP contribution in [-0.2, 0) is 10.2 Å². The molecule has 1 atom stereocenters. The van der Waals surface area contributed by atoms with Crippen LogP contribution in [0.4, 0.5) is 5.69 Å². The van der Waals surface area contributed by atoms with E-state index in [2.05, 4.69) is 18.3 Å². The summed E-state index contributed by atoms with van der Waals surface area (Å²) in [4.78, 5) is 11.8. The summed E-state index contributed by atoms with van der Waals surface area (Å²) in [5.41, 5.74) is 8.44. The normalized spacial score (nSPS) is 19.1. The Bertz CT molecular complexity index is 438. The van der Waals surface area contributed by atoms with Crippen molar-refractivity contribution in [2.45, 2.75) is 32.1 Å². The molecule has 0 saturated carbocycles. The van der Waals surface area contributed by atoms with E-state index in [1.807, 2.05) is 26.0 Å². The van der Waals surface area contributed by atoms with Gasteiger partial charge in [0.1, 0.15) is 0 Å². The molecule has 1 unspecified atom stereocenters. The summed E-state index contributed by atoms with van der Waals surface area (Å²) in [5.74, 6) is 0.400. The fourth-order valence-corrected chi connectivity index (χ4v) is 2.03. The van der Waals surface area contributed by atoms with Crippen molar-refractivity contribution in [2.24, 2.45) is 5.73 Å². The molecule has 0 spiro atoms. The zero-order chi connectivity index (χ0) is 11.9. The summed E-state index contributed by atoms with van der Waals surface area (Å²) in [7, 11) is 0. The molecule has 1 aromatic rings. The van der Waals surface area contributed by atoms with Gasteiger partial charge in [-0.05, 0) is 43.5 Å². The molecule has 0 radical (unpaired) electrons. The third-order valence-electron chi connectivity index (χ3n) is 3.46. The maximum absolute atomic E-state index is 11.8. The van der Waals surface area contributed by atoms with Crippen molar-refractivity contribution >= 4 is 11.6 Å². The summed E-state index contributed by atoms with van der Waals surface area (Å²) in [5, 5.41) is 2.90. The van der Waals surface area contributed by atoms with Crippen LogP contribution in [0, 0.1) is 0 Å². The highest BCUT2D eigenvalue weighted by molar-refractivity contribution is 6.05. The van der Waals surface area contributed by atoms with Gasteiger partial charge in [-0.15, -0.1) is 0 Å². The van der Waals surface area contributed by atoms with Crippen molar-refractivity contribution in [1.82, 2.24) is 0 Å². The van der Waals surface area contributed by atoms with Crippen LogP contribution in [0.15, 0.2) is 18.2 Å². The Hall–Kier alpha value is -1.35. The molecule has 86 valence electrons. The molecule has 1 aliphatic heterocycles. The van der Waals surface area contributed by atoms with Gasteiger partial charge in [0.15, 0.2) is 0 Å². The highest BCUT2D eigenvalue weighted by Crippen LogP contribution is 2.38. The van der Waals surface area contributed by atoms with Gasteiger partial charge in [0.25, 0.3) is 0 Å². The Morgan fingerprint density at radius 2 is 2.12 bits per heavy atom. The lowest BCUT2D eigenvalue weighted by atomic mass is 9.84. The monoisotopic (exact) mass is 218 g/mol. The van der Waals surface area contributed by atoms with Gasteiger partial charge in [0.05, 0.1) is 5.41 Å². The first-order valence-electron chi connectivity index (χ1n) is 5.62. The zero-order valence-corrected chi connectivity index (χ0v) is 10.0. The second-order valence-corrected chi connectivity index (χ2v) is 5.02. The van der Waals surface area contributed by atoms with Gasteiger partial charge in [-0.2, -0.15) is 0 Å². The maximum Gasteiger partial charge on any atom is 0.234 e. The fourth-order valence-electron chi connectivity index (χ4n) is 2.03. The molecule has 0 bridgehead atoms. The number of carbonyl (C=O) groups excluding carboxylic acids is 1. The molecule has 0 fully saturated rings. The number of hydrogen-bond donors (Lipinski definition) is 2. The molecule has 16 heavy (non-hydrogen) atoms. The summed E-state index contributed by atoms with van der Waals surface area (Å²) in [6.45, 7) is 6.62. The fraction of sp³-hybridized carbons (Fsp3) is 0.462. The predicted octanol–water partition coefficient (Wildman–Crippen LogP) is 1.98. The molecule has 0 aliphatic carbocycles. The number of benzene rings is 1. The van der Waals surface area contributed by atoms with Crippen LogP contribution in [0.1, 0.15) is 37.8 Å². The second-order valence-electron chi connectivity index (χ2n) is 5.02. The first-order chi connectivity index (χ1) is 7.46. The third-order valence-corrected chi connectivity index (χ3v) is 3.46. The van der Waals surface area contributed by atoms with Gasteiger partial charge in [-0.1, -0.05) is 19.1 Å². The Morgan fingerprint density at radius 3 is 2.75 bits per heavy atom. The lowest BCUT2D eigenvalue weighted by Crippen LogP contribution is -2.27. The van der Waals surface area contributed by atoms with E-state index in [0.29, 0.717) is 12.5 Å². The van der Waals surface area contributed by atoms with E-state index in [4.69, 9.17) is 5.73 Å². The summed E-state index contributed by atoms with van der Waals surface area (Å²) < 4.78 is 0. The molecule has 2 rings (SSSR count). The Morgan fingerprint density at radius 1 is 1.44 bits per heavy atom. The van der Waals surface area contributed by atoms with Gasteiger partial charge in [-0.25, -0.2) is 0 Å². The van der Waals surface area contributed by atoms with Gasteiger partial charge >= 0.3 is 0 Å². The van der Waals surface area contributed by atoms with E-state index < -0.39 is 5.41 Å². The van der Waals surface area contributed by atoms with Crippen molar-refractivity contribution in [2.75, 3.05) is 11.9 Å². The van der Waals surface area contributed by atoms with Gasteiger partial charge in [0, 0.05) is 5.69 Å². The summed E-state index contributed by atoms with van der Waals surface area (Å²) >= 11 is 0. The lowest BCUT2D eigenvalue weighted by molar-refractivity contribution is -0.119. The molecule has 3 nitrogen and oxygen atoms in total. The number of fused-ring (bicyclic) bond motifs is 1.